The van der Waals surface area contributed by atoms with E-state index in [4.69, 9.17) is 9.15 Å². The van der Waals surface area contributed by atoms with Gasteiger partial charge in [0, 0.05) is 22.0 Å². The summed E-state index contributed by atoms with van der Waals surface area (Å²) < 4.78 is 13.8. The van der Waals surface area contributed by atoms with E-state index in [1.54, 1.807) is 0 Å². The molecule has 2 aliphatic heterocycles. The number of para-hydroxylation sites is 7. The summed E-state index contributed by atoms with van der Waals surface area (Å²) in [4.78, 5) is 4.74. The Bertz CT molecular complexity index is 2910. The maximum atomic E-state index is 7.12. The Morgan fingerprint density at radius 2 is 1.02 bits per heavy atom. The van der Waals surface area contributed by atoms with Gasteiger partial charge in [-0.15, -0.1) is 0 Å². The first-order chi connectivity index (χ1) is 26.3. The van der Waals surface area contributed by atoms with Crippen LogP contribution in [0.15, 0.2) is 186 Å². The third-order valence-corrected chi connectivity index (χ3v) is 11.4. The molecule has 0 saturated carbocycles. The maximum absolute atomic E-state index is 7.12. The molecule has 0 N–H and O–H groups in total. The van der Waals surface area contributed by atoms with Crippen molar-refractivity contribution in [2.45, 2.75) is 5.41 Å². The molecule has 3 heterocycles. The second-order valence-electron chi connectivity index (χ2n) is 14.0. The van der Waals surface area contributed by atoms with E-state index in [1.165, 1.54) is 39.2 Å². The second-order valence-corrected chi connectivity index (χ2v) is 14.0. The van der Waals surface area contributed by atoms with Gasteiger partial charge < -0.3 is 14.1 Å². The van der Waals surface area contributed by atoms with Crippen molar-refractivity contribution in [3.63, 3.8) is 0 Å². The van der Waals surface area contributed by atoms with Crippen molar-refractivity contribution in [3.8, 4) is 22.6 Å². The molecule has 9 aromatic rings. The Labute approximate surface area is 306 Å². The fourth-order valence-electron chi connectivity index (χ4n) is 9.42. The highest BCUT2D eigenvalue weighted by Gasteiger charge is 2.53. The lowest BCUT2D eigenvalue weighted by molar-refractivity contribution is 0.478. The molecular formula is C49H30N2O2. The van der Waals surface area contributed by atoms with Gasteiger partial charge in [-0.05, 0) is 82.4 Å². The highest BCUT2D eigenvalue weighted by Crippen LogP contribution is 2.67. The fraction of sp³-hybridized carbons (Fsp3) is 0.0204. The standard InChI is InChI=1S/C49H30N2O2/c1-2-15-31(16-3-1)50-39-23-9-7-21-36(39)49(37-22-8-10-24-40(37)50)35-20-6-4-18-34(35)46-38(49)29-30-43-48(46)53-45-28-13-11-25-41(45)51(43)42-26-14-19-33-32-17-5-12-27-44(32)52-47(33)42/h1-30H. The van der Waals surface area contributed by atoms with Gasteiger partial charge in [-0.1, -0.05) is 127 Å². The number of rotatable bonds is 2. The Hall–Kier alpha value is -7.04. The summed E-state index contributed by atoms with van der Waals surface area (Å²) in [6.07, 6.45) is 0. The van der Waals surface area contributed by atoms with E-state index >= 15 is 0 Å². The van der Waals surface area contributed by atoms with Gasteiger partial charge in [0.1, 0.15) is 5.58 Å². The zero-order chi connectivity index (χ0) is 34.7. The van der Waals surface area contributed by atoms with Gasteiger partial charge in [0.15, 0.2) is 17.1 Å². The van der Waals surface area contributed by atoms with Crippen molar-refractivity contribution in [1.29, 1.82) is 0 Å². The SMILES string of the molecule is c1ccc(N2c3ccccc3C3(c4ccccc4-c4c3ccc3c4Oc4ccccc4N3c3cccc4c3oc3ccccc34)c3ccccc32)cc1. The molecule has 4 heteroatoms. The molecule has 3 aliphatic rings. The van der Waals surface area contributed by atoms with Crippen LogP contribution >= 0.6 is 0 Å². The molecule has 1 spiro atoms. The monoisotopic (exact) mass is 678 g/mol. The van der Waals surface area contributed by atoms with Crippen molar-refractivity contribution >= 4 is 56.1 Å². The topological polar surface area (TPSA) is 28.9 Å². The summed E-state index contributed by atoms with van der Waals surface area (Å²) in [7, 11) is 0. The number of nitrogens with zero attached hydrogens (tertiary/aromatic N) is 2. The summed E-state index contributed by atoms with van der Waals surface area (Å²) in [5.74, 6) is 1.65. The molecule has 1 aromatic heterocycles. The van der Waals surface area contributed by atoms with Crippen LogP contribution in [-0.2, 0) is 5.41 Å². The largest absolute Gasteiger partial charge is 0.454 e. The van der Waals surface area contributed by atoms with Crippen LogP contribution in [0.5, 0.6) is 11.5 Å². The molecule has 4 nitrogen and oxygen atoms in total. The Kier molecular flexibility index (Phi) is 5.67. The molecule has 53 heavy (non-hydrogen) atoms. The molecule has 0 unspecified atom stereocenters. The van der Waals surface area contributed by atoms with Gasteiger partial charge in [0.25, 0.3) is 0 Å². The van der Waals surface area contributed by atoms with Crippen LogP contribution in [0, 0.1) is 0 Å². The summed E-state index contributed by atoms with van der Waals surface area (Å²) in [6.45, 7) is 0. The first kappa shape index (κ1) is 28.6. The fourth-order valence-corrected chi connectivity index (χ4v) is 9.42. The summed E-state index contributed by atoms with van der Waals surface area (Å²) >= 11 is 0. The molecule has 1 aliphatic carbocycles. The van der Waals surface area contributed by atoms with Gasteiger partial charge in [0.2, 0.25) is 0 Å². The number of ether oxygens (including phenoxy) is 1. The molecule has 248 valence electrons. The van der Waals surface area contributed by atoms with E-state index in [1.807, 2.05) is 18.2 Å². The second kappa shape index (κ2) is 10.5. The van der Waals surface area contributed by atoms with Crippen LogP contribution in [-0.4, -0.2) is 0 Å². The first-order valence-electron chi connectivity index (χ1n) is 18.1. The minimum Gasteiger partial charge on any atom is -0.454 e. The molecule has 8 aromatic carbocycles. The van der Waals surface area contributed by atoms with E-state index in [0.717, 1.165) is 61.8 Å². The first-order valence-corrected chi connectivity index (χ1v) is 18.1. The van der Waals surface area contributed by atoms with E-state index < -0.39 is 5.41 Å². The number of hydrogen-bond acceptors (Lipinski definition) is 4. The highest BCUT2D eigenvalue weighted by atomic mass is 16.5. The number of hydrogen-bond donors (Lipinski definition) is 0. The molecule has 0 amide bonds. The Morgan fingerprint density at radius 1 is 0.396 bits per heavy atom. The van der Waals surface area contributed by atoms with Crippen LogP contribution < -0.4 is 14.5 Å². The summed E-state index contributed by atoms with van der Waals surface area (Å²) in [5, 5.41) is 2.20. The zero-order valence-electron chi connectivity index (χ0n) is 28.5. The third kappa shape index (κ3) is 3.64. The quantitative estimate of drug-likeness (QED) is 0.182. The predicted molar refractivity (Wildman–Crippen MR) is 214 cm³/mol. The van der Waals surface area contributed by atoms with Crippen LogP contribution in [0.2, 0.25) is 0 Å². The predicted octanol–water partition coefficient (Wildman–Crippen LogP) is 13.3. The van der Waals surface area contributed by atoms with Gasteiger partial charge in [-0.2, -0.15) is 0 Å². The highest BCUT2D eigenvalue weighted by molar-refractivity contribution is 6.11. The van der Waals surface area contributed by atoms with Crippen LogP contribution in [0.3, 0.4) is 0 Å². The normalized spacial score (nSPS) is 14.3. The maximum Gasteiger partial charge on any atom is 0.159 e. The van der Waals surface area contributed by atoms with Crippen LogP contribution in [0.25, 0.3) is 33.1 Å². The molecule has 0 radical (unpaired) electrons. The minimum atomic E-state index is -0.580. The van der Waals surface area contributed by atoms with Gasteiger partial charge >= 0.3 is 0 Å². The van der Waals surface area contributed by atoms with Crippen molar-refractivity contribution in [1.82, 2.24) is 0 Å². The van der Waals surface area contributed by atoms with Gasteiger partial charge in [-0.3, -0.25) is 4.90 Å². The average Bonchev–Trinajstić information content (AvgIpc) is 3.75. The molecule has 0 bridgehead atoms. The van der Waals surface area contributed by atoms with Crippen LogP contribution in [0.1, 0.15) is 22.3 Å². The summed E-state index contributed by atoms with van der Waals surface area (Å²) in [5.41, 5.74) is 14.8. The summed E-state index contributed by atoms with van der Waals surface area (Å²) in [6, 6.07) is 65.1. The van der Waals surface area contributed by atoms with Gasteiger partial charge in [0.05, 0.1) is 33.9 Å². The smallest absolute Gasteiger partial charge is 0.159 e. The molecule has 12 rings (SSSR count). The van der Waals surface area contributed by atoms with Crippen molar-refractivity contribution in [2.24, 2.45) is 0 Å². The Balaban J connectivity index is 1.17. The number of fused-ring (bicyclic) bond motifs is 15. The third-order valence-electron chi connectivity index (χ3n) is 11.4. The van der Waals surface area contributed by atoms with Crippen molar-refractivity contribution in [2.75, 3.05) is 9.80 Å². The Morgan fingerprint density at radius 3 is 1.83 bits per heavy atom. The molecule has 0 fully saturated rings. The lowest BCUT2D eigenvalue weighted by Gasteiger charge is -2.45. The van der Waals surface area contributed by atoms with E-state index in [0.29, 0.717) is 0 Å². The molecular weight excluding hydrogens is 649 g/mol. The average molecular weight is 679 g/mol. The number of anilines is 6. The van der Waals surface area contributed by atoms with Gasteiger partial charge in [-0.25, -0.2) is 0 Å². The molecule has 0 saturated heterocycles. The van der Waals surface area contributed by atoms with Crippen molar-refractivity contribution < 1.29 is 9.15 Å². The minimum absolute atomic E-state index is 0.580. The van der Waals surface area contributed by atoms with Crippen LogP contribution in [0.4, 0.5) is 34.1 Å². The number of furan rings is 1. The lowest BCUT2D eigenvalue weighted by atomic mass is 9.64. The zero-order valence-corrected chi connectivity index (χ0v) is 28.5. The lowest BCUT2D eigenvalue weighted by Crippen LogP contribution is -2.36. The van der Waals surface area contributed by atoms with E-state index in [-0.39, 0.29) is 0 Å². The number of benzene rings is 8. The van der Waals surface area contributed by atoms with E-state index in [9.17, 15) is 0 Å². The molecule has 0 atom stereocenters. The van der Waals surface area contributed by atoms with E-state index in [2.05, 4.69) is 174 Å². The van der Waals surface area contributed by atoms with Crippen molar-refractivity contribution in [3.05, 3.63) is 204 Å².